The lowest BCUT2D eigenvalue weighted by atomic mass is 9.91. The fourth-order valence-corrected chi connectivity index (χ4v) is 4.92. The molecule has 0 aliphatic carbocycles. The van der Waals surface area contributed by atoms with Crippen molar-refractivity contribution in [1.29, 1.82) is 0 Å². The lowest BCUT2D eigenvalue weighted by Gasteiger charge is -2.37. The topological polar surface area (TPSA) is 85.3 Å². The van der Waals surface area contributed by atoms with Crippen LogP contribution in [0.4, 0.5) is 13.2 Å². The molecule has 2 atom stereocenters. The van der Waals surface area contributed by atoms with Gasteiger partial charge in [0.05, 0.1) is 7.11 Å². The predicted octanol–water partition coefficient (Wildman–Crippen LogP) is 5.85. The van der Waals surface area contributed by atoms with Crippen molar-refractivity contribution in [3.8, 4) is 17.2 Å². The van der Waals surface area contributed by atoms with Crippen LogP contribution < -0.4 is 14.2 Å². The maximum atomic E-state index is 14.6. The quantitative estimate of drug-likeness (QED) is 0.269. The molecule has 42 heavy (non-hydrogen) atoms. The Balaban J connectivity index is 1.51. The largest absolute Gasteiger partial charge is 0.493 e. The summed E-state index contributed by atoms with van der Waals surface area (Å²) in [4.78, 5) is 27.6. The van der Waals surface area contributed by atoms with Crippen molar-refractivity contribution in [1.82, 2.24) is 4.90 Å². The number of halogens is 3. The fourth-order valence-electron chi connectivity index (χ4n) is 4.92. The molecular formula is C32H26F3NO6. The van der Waals surface area contributed by atoms with Gasteiger partial charge in [-0.25, -0.2) is 18.0 Å². The summed E-state index contributed by atoms with van der Waals surface area (Å²) in [5.74, 6) is -6.16. The molecule has 0 saturated heterocycles. The average Bonchev–Trinajstić information content (AvgIpc) is 2.99. The second kappa shape index (κ2) is 12.3. The first-order valence-electron chi connectivity index (χ1n) is 13.0. The number of ether oxygens (including phenoxy) is 3. The molecule has 0 unspecified atom stereocenters. The number of hydrogen-bond acceptors (Lipinski definition) is 5. The minimum absolute atomic E-state index is 0.126. The summed E-state index contributed by atoms with van der Waals surface area (Å²) in [7, 11) is 1.47. The zero-order chi connectivity index (χ0) is 29.8. The number of hydrogen-bond donors (Lipinski definition) is 1. The lowest BCUT2D eigenvalue weighted by molar-refractivity contribution is -0.155. The van der Waals surface area contributed by atoms with Gasteiger partial charge in [0, 0.05) is 36.2 Å². The number of carboxylic acid groups (broad SMARTS) is 1. The van der Waals surface area contributed by atoms with Gasteiger partial charge >= 0.3 is 5.97 Å². The van der Waals surface area contributed by atoms with Gasteiger partial charge in [0.15, 0.2) is 28.9 Å². The number of rotatable bonds is 9. The second-order valence-corrected chi connectivity index (χ2v) is 9.64. The molecule has 4 aromatic rings. The van der Waals surface area contributed by atoms with Crippen LogP contribution in [0.1, 0.15) is 28.4 Å². The highest BCUT2D eigenvalue weighted by Crippen LogP contribution is 2.40. The number of amides is 1. The molecule has 1 heterocycles. The molecule has 0 spiro atoms. The molecule has 0 bridgehead atoms. The van der Waals surface area contributed by atoms with Crippen LogP contribution in [-0.2, 0) is 29.2 Å². The number of carbonyl (C=O) groups excluding carboxylic acids is 1. The molecular weight excluding hydrogens is 551 g/mol. The maximum absolute atomic E-state index is 14.6. The van der Waals surface area contributed by atoms with Crippen molar-refractivity contribution in [3.63, 3.8) is 0 Å². The molecule has 216 valence electrons. The van der Waals surface area contributed by atoms with E-state index in [1.165, 1.54) is 19.2 Å². The van der Waals surface area contributed by atoms with Crippen molar-refractivity contribution in [2.24, 2.45) is 0 Å². The van der Waals surface area contributed by atoms with Crippen molar-refractivity contribution in [3.05, 3.63) is 125 Å². The van der Waals surface area contributed by atoms with Crippen molar-refractivity contribution < 1.29 is 42.1 Å². The van der Waals surface area contributed by atoms with E-state index in [1.54, 1.807) is 30.3 Å². The summed E-state index contributed by atoms with van der Waals surface area (Å²) < 4.78 is 59.8. The first-order valence-corrected chi connectivity index (χ1v) is 13.0. The third kappa shape index (κ3) is 5.88. The summed E-state index contributed by atoms with van der Waals surface area (Å²) in [6.07, 6.45) is -1.76. The predicted molar refractivity (Wildman–Crippen MR) is 146 cm³/mol. The highest BCUT2D eigenvalue weighted by atomic mass is 19.1. The Morgan fingerprint density at radius 2 is 1.57 bits per heavy atom. The molecule has 5 rings (SSSR count). The van der Waals surface area contributed by atoms with E-state index in [-0.39, 0.29) is 25.1 Å². The zero-order valence-electron chi connectivity index (χ0n) is 22.4. The highest BCUT2D eigenvalue weighted by Gasteiger charge is 2.41. The Morgan fingerprint density at radius 1 is 0.929 bits per heavy atom. The van der Waals surface area contributed by atoms with Crippen LogP contribution in [0.5, 0.6) is 17.2 Å². The highest BCUT2D eigenvalue weighted by molar-refractivity contribution is 5.88. The molecule has 1 aliphatic heterocycles. The lowest BCUT2D eigenvalue weighted by Crippen LogP contribution is -2.51. The Labute approximate surface area is 239 Å². The molecule has 1 N–H and O–H groups in total. The Hall–Kier alpha value is -4.99. The van der Waals surface area contributed by atoms with E-state index < -0.39 is 47.2 Å². The van der Waals surface area contributed by atoms with Gasteiger partial charge in [-0.1, -0.05) is 66.7 Å². The maximum Gasteiger partial charge on any atom is 0.326 e. The minimum atomic E-state index is -1.63. The number of benzene rings is 4. The van der Waals surface area contributed by atoms with Gasteiger partial charge in [0.1, 0.15) is 18.5 Å². The zero-order valence-corrected chi connectivity index (χ0v) is 22.4. The third-order valence-corrected chi connectivity index (χ3v) is 6.98. The number of carboxylic acids is 1. The number of fused-ring (bicyclic) bond motifs is 1. The van der Waals surface area contributed by atoms with E-state index in [4.69, 9.17) is 14.2 Å². The second-order valence-electron chi connectivity index (χ2n) is 9.64. The van der Waals surface area contributed by atoms with Gasteiger partial charge in [-0.3, -0.25) is 4.79 Å². The molecule has 0 fully saturated rings. The molecule has 7 nitrogen and oxygen atoms in total. The number of methoxy groups -OCH3 is 1. The van der Waals surface area contributed by atoms with E-state index in [9.17, 15) is 27.9 Å². The summed E-state index contributed by atoms with van der Waals surface area (Å²) in [6, 6.07) is 20.2. The van der Waals surface area contributed by atoms with E-state index in [2.05, 4.69) is 0 Å². The molecule has 4 aromatic carbocycles. The van der Waals surface area contributed by atoms with E-state index in [1.807, 2.05) is 30.3 Å². The van der Waals surface area contributed by atoms with Crippen LogP contribution in [0, 0.1) is 17.5 Å². The number of nitrogens with zero attached hydrogens (tertiary/aromatic N) is 1. The Kier molecular flexibility index (Phi) is 8.33. The average molecular weight is 578 g/mol. The molecule has 1 amide bonds. The SMILES string of the molecule is COc1ccc2c(c1OCc1ccccc1)C[C@@H](C(=O)O)N(C(=O)[C@H](Oc1c(F)cc(F)cc1F)c1ccccc1)C2. The smallest absolute Gasteiger partial charge is 0.326 e. The fraction of sp³-hybridized carbons (Fsp3) is 0.188. The van der Waals surface area contributed by atoms with E-state index in [0.717, 1.165) is 10.5 Å². The van der Waals surface area contributed by atoms with Crippen molar-refractivity contribution >= 4 is 11.9 Å². The first-order chi connectivity index (χ1) is 20.3. The number of carbonyl (C=O) groups is 2. The van der Waals surface area contributed by atoms with Crippen LogP contribution in [0.25, 0.3) is 0 Å². The first kappa shape index (κ1) is 28.5. The van der Waals surface area contributed by atoms with Gasteiger partial charge in [-0.15, -0.1) is 0 Å². The summed E-state index contributed by atoms with van der Waals surface area (Å²) in [5.41, 5.74) is 2.29. The van der Waals surface area contributed by atoms with Crippen LogP contribution in [0.15, 0.2) is 84.9 Å². The molecule has 0 saturated carbocycles. The van der Waals surface area contributed by atoms with Gasteiger partial charge in [-0.2, -0.15) is 0 Å². The third-order valence-electron chi connectivity index (χ3n) is 6.98. The molecule has 0 radical (unpaired) electrons. The van der Waals surface area contributed by atoms with Crippen LogP contribution in [-0.4, -0.2) is 35.0 Å². The minimum Gasteiger partial charge on any atom is -0.493 e. The number of aliphatic carboxylic acids is 1. The monoisotopic (exact) mass is 577 g/mol. The van der Waals surface area contributed by atoms with E-state index >= 15 is 0 Å². The van der Waals surface area contributed by atoms with Gasteiger partial charge in [0.2, 0.25) is 6.10 Å². The van der Waals surface area contributed by atoms with Gasteiger partial charge in [0.25, 0.3) is 5.91 Å². The standard InChI is InChI=1S/C32H26F3NO6/c1-40-27-13-12-21-17-36(26(32(38)39)16-23(21)29(27)41-18-19-8-4-2-5-9-19)31(37)28(20-10-6-3-7-11-20)42-30-24(34)14-22(33)15-25(30)35/h2-15,26,28H,16-18H2,1H3,(H,38,39)/t26-,28+/m0/s1. The van der Waals surface area contributed by atoms with Crippen LogP contribution in [0.3, 0.4) is 0 Å². The normalized spacial score (nSPS) is 15.0. The van der Waals surface area contributed by atoms with E-state index in [0.29, 0.717) is 34.8 Å². The molecule has 10 heteroatoms. The summed E-state index contributed by atoms with van der Waals surface area (Å²) in [5, 5.41) is 10.2. The van der Waals surface area contributed by atoms with Crippen molar-refractivity contribution in [2.45, 2.75) is 31.7 Å². The van der Waals surface area contributed by atoms with Gasteiger partial charge < -0.3 is 24.2 Å². The van der Waals surface area contributed by atoms with Gasteiger partial charge in [-0.05, 0) is 17.2 Å². The Bertz CT molecular complexity index is 1580. The summed E-state index contributed by atoms with van der Waals surface area (Å²) in [6.45, 7) is 0.0463. The van der Waals surface area contributed by atoms with Crippen LogP contribution >= 0.6 is 0 Å². The summed E-state index contributed by atoms with van der Waals surface area (Å²) >= 11 is 0. The molecule has 1 aliphatic rings. The van der Waals surface area contributed by atoms with Crippen LogP contribution in [0.2, 0.25) is 0 Å². The molecule has 0 aromatic heterocycles. The van der Waals surface area contributed by atoms with Crippen molar-refractivity contribution in [2.75, 3.05) is 7.11 Å². The Morgan fingerprint density at radius 3 is 2.19 bits per heavy atom.